The molecule has 0 radical (unpaired) electrons. The first-order chi connectivity index (χ1) is 7.45. The summed E-state index contributed by atoms with van der Waals surface area (Å²) in [7, 11) is -3.76. The lowest BCUT2D eigenvalue weighted by atomic mass is 10.4. The molecule has 0 saturated heterocycles. The number of benzene rings is 1. The highest BCUT2D eigenvalue weighted by Crippen LogP contribution is 2.15. The summed E-state index contributed by atoms with van der Waals surface area (Å²) in [6.07, 6.45) is 0.987. The van der Waals surface area contributed by atoms with Crippen LogP contribution in [-0.2, 0) is 9.84 Å². The molecule has 96 valence electrons. The summed E-state index contributed by atoms with van der Waals surface area (Å²) in [6, 6.07) is 4.22. The Hall–Kier alpha value is -0.980. The highest BCUT2D eigenvalue weighted by atomic mass is 35.5. The molecule has 1 aromatic rings. The van der Waals surface area contributed by atoms with Crippen LogP contribution in [0.5, 0.6) is 0 Å². The maximum Gasteiger partial charge on any atom is 0.184 e. The van der Waals surface area contributed by atoms with Crippen molar-refractivity contribution < 1.29 is 17.2 Å². The van der Waals surface area contributed by atoms with Gasteiger partial charge in [0.2, 0.25) is 0 Å². The molecule has 0 saturated carbocycles. The number of rotatable bonds is 4. The van der Waals surface area contributed by atoms with Crippen molar-refractivity contribution in [2.45, 2.75) is 4.90 Å². The molecule has 0 spiro atoms. The Kier molecular flexibility index (Phi) is 6.30. The zero-order valence-electron chi connectivity index (χ0n) is 8.77. The van der Waals surface area contributed by atoms with Crippen molar-refractivity contribution in [1.82, 2.24) is 0 Å². The molecule has 0 unspecified atom stereocenters. The smallest absolute Gasteiger partial charge is 0.184 e. The highest BCUT2D eigenvalue weighted by Gasteiger charge is 2.16. The van der Waals surface area contributed by atoms with Gasteiger partial charge in [0.15, 0.2) is 9.84 Å². The summed E-state index contributed by atoms with van der Waals surface area (Å²) >= 11 is 0. The van der Waals surface area contributed by atoms with Crippen molar-refractivity contribution >= 4 is 22.2 Å². The Balaban J connectivity index is 0.00000256. The molecule has 0 aliphatic rings. The van der Waals surface area contributed by atoms with E-state index >= 15 is 0 Å². The molecule has 0 atom stereocenters. The molecule has 0 bridgehead atoms. The van der Waals surface area contributed by atoms with Gasteiger partial charge in [-0.2, -0.15) is 0 Å². The predicted molar refractivity (Wildman–Crippen MR) is 63.9 cm³/mol. The van der Waals surface area contributed by atoms with Crippen LogP contribution in [0.4, 0.5) is 8.78 Å². The van der Waals surface area contributed by atoms with Crippen molar-refractivity contribution in [3.05, 3.63) is 42.0 Å². The topological polar surface area (TPSA) is 60.2 Å². The Morgan fingerprint density at radius 2 is 1.82 bits per heavy atom. The number of hydrogen-bond donors (Lipinski definition) is 1. The van der Waals surface area contributed by atoms with Gasteiger partial charge < -0.3 is 5.73 Å². The fraction of sp³-hybridized carbons (Fsp3) is 0.200. The van der Waals surface area contributed by atoms with Gasteiger partial charge in [0.1, 0.15) is 17.4 Å². The van der Waals surface area contributed by atoms with E-state index in [4.69, 9.17) is 5.73 Å². The van der Waals surface area contributed by atoms with Crippen molar-refractivity contribution in [3.8, 4) is 0 Å². The van der Waals surface area contributed by atoms with Crippen molar-refractivity contribution in [2.75, 3.05) is 12.3 Å². The minimum absolute atomic E-state index is 0. The number of hydrogen-bond acceptors (Lipinski definition) is 3. The van der Waals surface area contributed by atoms with Gasteiger partial charge in [-0.25, -0.2) is 17.2 Å². The molecule has 3 nitrogen and oxygen atoms in total. The first-order valence-corrected chi connectivity index (χ1v) is 6.14. The summed E-state index contributed by atoms with van der Waals surface area (Å²) < 4.78 is 48.7. The normalized spacial score (nSPS) is 12.1. The summed E-state index contributed by atoms with van der Waals surface area (Å²) in [6.45, 7) is -0.0647. The van der Waals surface area contributed by atoms with Gasteiger partial charge in [0.05, 0.1) is 4.90 Å². The third-order valence-corrected chi connectivity index (χ3v) is 3.49. The minimum Gasteiger partial charge on any atom is -0.327 e. The Morgan fingerprint density at radius 1 is 1.29 bits per heavy atom. The second-order valence-corrected chi connectivity index (χ2v) is 5.09. The number of nitrogens with two attached hydrogens (primary N) is 1. The summed E-state index contributed by atoms with van der Waals surface area (Å²) in [4.78, 5) is -0.116. The Bertz CT molecular complexity index is 486. The highest BCUT2D eigenvalue weighted by molar-refractivity contribution is 7.91. The molecule has 1 aromatic carbocycles. The molecular formula is C10H12ClF2NO2S. The van der Waals surface area contributed by atoms with E-state index in [0.717, 1.165) is 30.3 Å². The molecule has 2 N–H and O–H groups in total. The molecule has 17 heavy (non-hydrogen) atoms. The van der Waals surface area contributed by atoms with Gasteiger partial charge in [-0.3, -0.25) is 0 Å². The van der Waals surface area contributed by atoms with Gasteiger partial charge >= 0.3 is 0 Å². The average molecular weight is 284 g/mol. The van der Waals surface area contributed by atoms with E-state index in [-0.39, 0.29) is 23.8 Å². The van der Waals surface area contributed by atoms with E-state index in [1.807, 2.05) is 0 Å². The van der Waals surface area contributed by atoms with Crippen molar-refractivity contribution in [1.29, 1.82) is 0 Å². The first-order valence-electron chi connectivity index (χ1n) is 4.48. The van der Waals surface area contributed by atoms with Crippen LogP contribution in [0.2, 0.25) is 0 Å². The Labute approximate surface area is 105 Å². The number of sulfone groups is 1. The van der Waals surface area contributed by atoms with E-state index in [1.54, 1.807) is 0 Å². The lowest BCUT2D eigenvalue weighted by Crippen LogP contribution is -2.08. The third kappa shape index (κ3) is 4.80. The fourth-order valence-electron chi connectivity index (χ4n) is 1.09. The fourth-order valence-corrected chi connectivity index (χ4v) is 2.29. The second-order valence-electron chi connectivity index (χ2n) is 3.10. The van der Waals surface area contributed by atoms with Crippen LogP contribution in [-0.4, -0.2) is 20.7 Å². The van der Waals surface area contributed by atoms with Crippen LogP contribution in [0.1, 0.15) is 0 Å². The molecule has 0 fully saturated rings. The van der Waals surface area contributed by atoms with Crippen LogP contribution in [0, 0.1) is 5.82 Å². The first kappa shape index (κ1) is 16.0. The van der Waals surface area contributed by atoms with E-state index in [1.165, 1.54) is 0 Å². The molecule has 1 rings (SSSR count). The monoisotopic (exact) mass is 283 g/mol. The molecule has 0 amide bonds. The van der Waals surface area contributed by atoms with Gasteiger partial charge in [-0.05, 0) is 30.3 Å². The van der Waals surface area contributed by atoms with Crippen LogP contribution < -0.4 is 5.73 Å². The average Bonchev–Trinajstić information content (AvgIpc) is 2.17. The maximum atomic E-state index is 13.0. The molecule has 0 aliphatic heterocycles. The molecule has 7 heteroatoms. The predicted octanol–water partition coefficient (Wildman–Crippen LogP) is 1.83. The van der Waals surface area contributed by atoms with Crippen molar-refractivity contribution in [3.63, 3.8) is 0 Å². The van der Waals surface area contributed by atoms with E-state index in [2.05, 4.69) is 0 Å². The van der Waals surface area contributed by atoms with Gasteiger partial charge in [0.25, 0.3) is 0 Å². The molecule has 0 heterocycles. The third-order valence-electron chi connectivity index (χ3n) is 1.84. The zero-order chi connectivity index (χ0) is 12.2. The molecular weight excluding hydrogens is 272 g/mol. The SMILES string of the molecule is Cl.NC/C=C(\F)CS(=O)(=O)c1ccc(F)cc1. The second kappa shape index (κ2) is 6.68. The van der Waals surface area contributed by atoms with Crippen LogP contribution in [0.25, 0.3) is 0 Å². The molecule has 0 aromatic heterocycles. The lowest BCUT2D eigenvalue weighted by Gasteiger charge is -2.02. The van der Waals surface area contributed by atoms with Crippen LogP contribution >= 0.6 is 12.4 Å². The quantitative estimate of drug-likeness (QED) is 0.858. The van der Waals surface area contributed by atoms with Crippen LogP contribution in [0.15, 0.2) is 41.1 Å². The molecule has 0 aliphatic carbocycles. The Morgan fingerprint density at radius 3 is 2.29 bits per heavy atom. The van der Waals surface area contributed by atoms with Gasteiger partial charge in [-0.15, -0.1) is 12.4 Å². The zero-order valence-corrected chi connectivity index (χ0v) is 10.4. The lowest BCUT2D eigenvalue weighted by molar-refractivity contribution is 0.582. The summed E-state index contributed by atoms with van der Waals surface area (Å²) in [5, 5.41) is 0. The van der Waals surface area contributed by atoms with Gasteiger partial charge in [-0.1, -0.05) is 0 Å². The van der Waals surface area contributed by atoms with E-state index in [0.29, 0.717) is 0 Å². The maximum absolute atomic E-state index is 13.0. The van der Waals surface area contributed by atoms with Crippen molar-refractivity contribution in [2.24, 2.45) is 5.73 Å². The van der Waals surface area contributed by atoms with E-state index in [9.17, 15) is 17.2 Å². The largest absolute Gasteiger partial charge is 0.327 e. The van der Waals surface area contributed by atoms with Gasteiger partial charge in [0, 0.05) is 6.54 Å². The number of halogens is 3. The van der Waals surface area contributed by atoms with Crippen LogP contribution in [0.3, 0.4) is 0 Å². The summed E-state index contributed by atoms with van der Waals surface area (Å²) in [5.74, 6) is -2.11. The standard InChI is InChI=1S/C10H11F2NO2S.ClH/c11-8-1-3-10(4-2-8)16(14,15)7-9(12)5-6-13;/h1-5H,6-7,13H2;1H/b9-5-;. The minimum atomic E-state index is -3.76. The van der Waals surface area contributed by atoms with E-state index < -0.39 is 27.2 Å². The summed E-state index contributed by atoms with van der Waals surface area (Å²) in [5.41, 5.74) is 5.05.